The van der Waals surface area contributed by atoms with Gasteiger partial charge in [-0.3, -0.25) is 9.69 Å². The van der Waals surface area contributed by atoms with E-state index >= 15 is 0 Å². The number of hydrogen-bond donors (Lipinski definition) is 2. The Morgan fingerprint density at radius 2 is 1.37 bits per heavy atom. The van der Waals surface area contributed by atoms with E-state index in [1.54, 1.807) is 0 Å². The Bertz CT molecular complexity index is 937. The van der Waals surface area contributed by atoms with Crippen molar-refractivity contribution in [3.05, 3.63) is 65.7 Å². The molecule has 2 saturated heterocycles. The van der Waals surface area contributed by atoms with Gasteiger partial charge in [-0.05, 0) is 68.5 Å². The summed E-state index contributed by atoms with van der Waals surface area (Å²) in [4.78, 5) is 35.5. The van der Waals surface area contributed by atoms with Gasteiger partial charge in [0.05, 0.1) is 0 Å². The molecule has 0 spiro atoms. The van der Waals surface area contributed by atoms with E-state index in [0.29, 0.717) is 12.5 Å². The molecule has 2 aliphatic heterocycles. The molecule has 8 heteroatoms. The monoisotopic (exact) mass is 482 g/mol. The van der Waals surface area contributed by atoms with Crippen LogP contribution in [0.5, 0.6) is 5.75 Å². The number of likely N-dealkylation sites (tertiary alicyclic amines) is 2. The molecule has 8 nitrogen and oxygen atoms in total. The molecule has 0 aliphatic carbocycles. The van der Waals surface area contributed by atoms with Gasteiger partial charge in [0.2, 0.25) is 5.91 Å². The molecule has 188 valence electrons. The molecule has 1 amide bonds. The molecule has 2 N–H and O–H groups in total. The quantitative estimate of drug-likeness (QED) is 0.605. The maximum Gasteiger partial charge on any atom is 0.414 e. The van der Waals surface area contributed by atoms with Crippen LogP contribution in [-0.4, -0.2) is 64.0 Å². The van der Waals surface area contributed by atoms with Gasteiger partial charge in [-0.2, -0.15) is 0 Å². The average molecular weight is 483 g/mol. The minimum Gasteiger partial charge on any atom is -0.489 e. The van der Waals surface area contributed by atoms with Gasteiger partial charge in [0, 0.05) is 25.6 Å². The van der Waals surface area contributed by atoms with Crippen LogP contribution < -0.4 is 4.74 Å². The minimum atomic E-state index is -1.82. The number of ether oxygens (including phenoxy) is 1. The highest BCUT2D eigenvalue weighted by molar-refractivity contribution is 6.27. The number of piperidine rings is 2. The van der Waals surface area contributed by atoms with E-state index in [-0.39, 0.29) is 5.92 Å². The molecule has 2 fully saturated rings. The van der Waals surface area contributed by atoms with Gasteiger partial charge in [0.1, 0.15) is 12.4 Å². The van der Waals surface area contributed by atoms with Gasteiger partial charge >= 0.3 is 11.9 Å². The first-order chi connectivity index (χ1) is 16.9. The second-order valence-electron chi connectivity index (χ2n) is 8.96. The fourth-order valence-electron chi connectivity index (χ4n) is 4.40. The molecule has 35 heavy (non-hydrogen) atoms. The molecule has 0 radical (unpaired) electrons. The Morgan fingerprint density at radius 1 is 0.771 bits per heavy atom. The number of carbonyl (C=O) groups excluding carboxylic acids is 1. The summed E-state index contributed by atoms with van der Waals surface area (Å²) in [6, 6.07) is 18.7. The van der Waals surface area contributed by atoms with Gasteiger partial charge in [-0.1, -0.05) is 42.5 Å². The van der Waals surface area contributed by atoms with E-state index in [9.17, 15) is 4.79 Å². The summed E-state index contributed by atoms with van der Waals surface area (Å²) < 4.78 is 5.88. The van der Waals surface area contributed by atoms with Crippen LogP contribution in [0.3, 0.4) is 0 Å². The van der Waals surface area contributed by atoms with Crippen LogP contribution in [0.15, 0.2) is 54.6 Å². The fourth-order valence-corrected chi connectivity index (χ4v) is 4.40. The van der Waals surface area contributed by atoms with Gasteiger partial charge < -0.3 is 19.8 Å². The molecular formula is C27H34N2O6. The molecule has 2 aromatic carbocycles. The number of benzene rings is 2. The zero-order valence-electron chi connectivity index (χ0n) is 20.0. The Morgan fingerprint density at radius 3 is 1.94 bits per heavy atom. The molecule has 0 unspecified atom stereocenters. The maximum absolute atomic E-state index is 12.7. The first-order valence-corrected chi connectivity index (χ1v) is 12.2. The summed E-state index contributed by atoms with van der Waals surface area (Å²) in [7, 11) is 0. The third-order valence-corrected chi connectivity index (χ3v) is 6.37. The Hall–Kier alpha value is -3.39. The number of rotatable bonds is 6. The van der Waals surface area contributed by atoms with Crippen molar-refractivity contribution in [1.29, 1.82) is 0 Å². The lowest BCUT2D eigenvalue weighted by atomic mass is 9.94. The number of hydrogen-bond acceptors (Lipinski definition) is 5. The van der Waals surface area contributed by atoms with Crippen LogP contribution in [0.25, 0.3) is 0 Å². The molecule has 0 bridgehead atoms. The normalized spacial score (nSPS) is 16.6. The summed E-state index contributed by atoms with van der Waals surface area (Å²) in [6.45, 7) is 5.50. The van der Waals surface area contributed by atoms with Crippen LogP contribution in [-0.2, 0) is 27.5 Å². The van der Waals surface area contributed by atoms with Crippen molar-refractivity contribution in [3.8, 4) is 5.75 Å². The molecule has 0 atom stereocenters. The minimum absolute atomic E-state index is 0.234. The lowest BCUT2D eigenvalue weighted by Crippen LogP contribution is -2.44. The van der Waals surface area contributed by atoms with Crippen LogP contribution in [0.4, 0.5) is 0 Å². The molecule has 0 aromatic heterocycles. The number of amides is 1. The molecule has 2 aromatic rings. The number of aliphatic carboxylic acids is 2. The number of carboxylic acids is 2. The lowest BCUT2D eigenvalue weighted by molar-refractivity contribution is -0.159. The summed E-state index contributed by atoms with van der Waals surface area (Å²) in [5.41, 5.74) is 2.48. The highest BCUT2D eigenvalue weighted by atomic mass is 16.5. The third kappa shape index (κ3) is 8.72. The average Bonchev–Trinajstić information content (AvgIpc) is 2.90. The van der Waals surface area contributed by atoms with Crippen molar-refractivity contribution in [1.82, 2.24) is 9.80 Å². The lowest BCUT2D eigenvalue weighted by Gasteiger charge is -2.35. The number of carbonyl (C=O) groups is 3. The van der Waals surface area contributed by atoms with Gasteiger partial charge in [-0.15, -0.1) is 0 Å². The molecule has 0 saturated carbocycles. The summed E-state index contributed by atoms with van der Waals surface area (Å²) in [5, 5.41) is 14.8. The van der Waals surface area contributed by atoms with Gasteiger partial charge in [0.15, 0.2) is 0 Å². The Kier molecular flexibility index (Phi) is 10.1. The van der Waals surface area contributed by atoms with Crippen LogP contribution in [0.1, 0.15) is 43.2 Å². The van der Waals surface area contributed by atoms with Crippen molar-refractivity contribution in [2.24, 2.45) is 5.92 Å². The summed E-state index contributed by atoms with van der Waals surface area (Å²) >= 11 is 0. The molecule has 2 aliphatic rings. The highest BCUT2D eigenvalue weighted by Crippen LogP contribution is 2.23. The Balaban J connectivity index is 0.000000509. The zero-order chi connectivity index (χ0) is 25.0. The molecular weight excluding hydrogens is 448 g/mol. The van der Waals surface area contributed by atoms with Crippen molar-refractivity contribution >= 4 is 17.8 Å². The van der Waals surface area contributed by atoms with E-state index in [4.69, 9.17) is 24.5 Å². The largest absolute Gasteiger partial charge is 0.489 e. The highest BCUT2D eigenvalue weighted by Gasteiger charge is 2.29. The first-order valence-electron chi connectivity index (χ1n) is 12.2. The van der Waals surface area contributed by atoms with Crippen LogP contribution in [0.2, 0.25) is 0 Å². The first kappa shape index (κ1) is 26.2. The van der Waals surface area contributed by atoms with Crippen molar-refractivity contribution < 1.29 is 29.3 Å². The van der Waals surface area contributed by atoms with Crippen molar-refractivity contribution in [3.63, 3.8) is 0 Å². The predicted octanol–water partition coefficient (Wildman–Crippen LogP) is 3.65. The Labute approximate surface area is 206 Å². The van der Waals surface area contributed by atoms with E-state index < -0.39 is 11.9 Å². The number of nitrogens with zero attached hydrogens (tertiary/aromatic N) is 2. The third-order valence-electron chi connectivity index (χ3n) is 6.37. The standard InChI is InChI=1S/C25H32N2O2.C2H2O4/c28-25(27-15-5-2-6-16-27)23-13-17-26(18-14-23)19-21-9-11-24(12-10-21)29-20-22-7-3-1-4-8-22;3-1(4)2(5)6/h1,3-4,7-12,23H,2,5-6,13-20H2;(H,3,4)(H,5,6). The van der Waals surface area contributed by atoms with Gasteiger partial charge in [0.25, 0.3) is 0 Å². The fraction of sp³-hybridized carbons (Fsp3) is 0.444. The second-order valence-corrected chi connectivity index (χ2v) is 8.96. The summed E-state index contributed by atoms with van der Waals surface area (Å²) in [5.74, 6) is -2.10. The van der Waals surface area contributed by atoms with E-state index in [0.717, 1.165) is 51.3 Å². The van der Waals surface area contributed by atoms with E-state index in [1.807, 2.05) is 18.2 Å². The summed E-state index contributed by atoms with van der Waals surface area (Å²) in [6.07, 6.45) is 5.62. The van der Waals surface area contributed by atoms with Gasteiger partial charge in [-0.25, -0.2) is 9.59 Å². The SMILES string of the molecule is O=C(C1CCN(Cc2ccc(OCc3ccccc3)cc2)CC1)N1CCCCC1.O=C(O)C(=O)O. The topological polar surface area (TPSA) is 107 Å². The van der Waals surface area contributed by atoms with E-state index in [1.165, 1.54) is 30.4 Å². The maximum atomic E-state index is 12.7. The van der Waals surface area contributed by atoms with E-state index in [2.05, 4.69) is 46.2 Å². The molecule has 4 rings (SSSR count). The van der Waals surface area contributed by atoms with Crippen molar-refractivity contribution in [2.45, 2.75) is 45.3 Å². The second kappa shape index (κ2) is 13.5. The molecule has 2 heterocycles. The zero-order valence-corrected chi connectivity index (χ0v) is 20.0. The smallest absolute Gasteiger partial charge is 0.414 e. The predicted molar refractivity (Wildman–Crippen MR) is 131 cm³/mol. The van der Waals surface area contributed by atoms with Crippen molar-refractivity contribution in [2.75, 3.05) is 26.2 Å². The van der Waals surface area contributed by atoms with Crippen LogP contribution >= 0.6 is 0 Å². The number of carboxylic acid groups (broad SMARTS) is 2. The van der Waals surface area contributed by atoms with Crippen LogP contribution in [0, 0.1) is 5.92 Å².